The fourth-order valence-electron chi connectivity index (χ4n) is 2.09. The highest BCUT2D eigenvalue weighted by atomic mass is 16.4. The van der Waals surface area contributed by atoms with E-state index in [2.05, 4.69) is 4.99 Å². The lowest BCUT2D eigenvalue weighted by molar-refractivity contribution is 0.0847. The highest BCUT2D eigenvalue weighted by Gasteiger charge is 2.32. The molecule has 0 unspecified atom stereocenters. The van der Waals surface area contributed by atoms with Crippen LogP contribution in [0.3, 0.4) is 0 Å². The van der Waals surface area contributed by atoms with Crippen LogP contribution in [-0.4, -0.2) is 88.0 Å². The summed E-state index contributed by atoms with van der Waals surface area (Å²) in [6.07, 6.45) is -2.79. The molecule has 4 amide bonds. The first-order valence-corrected chi connectivity index (χ1v) is 7.66. The molecule has 0 aromatic carbocycles. The Kier molecular flexibility index (Phi) is 8.58. The van der Waals surface area contributed by atoms with Gasteiger partial charge < -0.3 is 24.9 Å². The van der Waals surface area contributed by atoms with Crippen LogP contribution in [0.5, 0.6) is 0 Å². The third kappa shape index (κ3) is 5.94. The second-order valence-electron chi connectivity index (χ2n) is 5.48. The summed E-state index contributed by atoms with van der Waals surface area (Å²) in [4.78, 5) is 42.6. The van der Waals surface area contributed by atoms with Gasteiger partial charge in [-0.3, -0.25) is 0 Å². The van der Waals surface area contributed by atoms with Crippen molar-refractivity contribution in [2.75, 3.05) is 34.0 Å². The average molecular weight is 345 g/mol. The predicted octanol–water partition coefficient (Wildman–Crippen LogP) is 1.90. The lowest BCUT2D eigenvalue weighted by Crippen LogP contribution is -2.60. The molecule has 1 rings (SSSR count). The summed E-state index contributed by atoms with van der Waals surface area (Å²) in [7, 11) is 3.08. The van der Waals surface area contributed by atoms with Crippen LogP contribution >= 0.6 is 0 Å². The number of aliphatic imine (C=N–C) groups is 1. The first kappa shape index (κ1) is 21.5. The molecule has 0 saturated carbocycles. The maximum Gasteiger partial charge on any atom is 0.434 e. The van der Waals surface area contributed by atoms with Crippen LogP contribution in [0.4, 0.5) is 14.4 Å². The van der Waals surface area contributed by atoms with Gasteiger partial charge in [0.2, 0.25) is 5.96 Å². The molecule has 138 valence electrons. The summed E-state index contributed by atoms with van der Waals surface area (Å²) in [5, 5.41) is 18.3. The summed E-state index contributed by atoms with van der Waals surface area (Å²) in [6.45, 7) is 7.83. The van der Waals surface area contributed by atoms with Crippen LogP contribution in [0.15, 0.2) is 4.99 Å². The van der Waals surface area contributed by atoms with E-state index in [-0.39, 0.29) is 37.8 Å². The van der Waals surface area contributed by atoms with Crippen molar-refractivity contribution in [3.8, 4) is 0 Å². The summed E-state index contributed by atoms with van der Waals surface area (Å²) < 4.78 is 0. The van der Waals surface area contributed by atoms with Gasteiger partial charge in [0.05, 0.1) is 13.3 Å². The van der Waals surface area contributed by atoms with Crippen molar-refractivity contribution in [2.24, 2.45) is 10.9 Å². The molecule has 0 aromatic heterocycles. The molecule has 1 saturated heterocycles. The van der Waals surface area contributed by atoms with Crippen molar-refractivity contribution in [3.63, 3.8) is 0 Å². The molecule has 0 bridgehead atoms. The van der Waals surface area contributed by atoms with Crippen LogP contribution in [0.25, 0.3) is 0 Å². The molecule has 24 heavy (non-hydrogen) atoms. The Morgan fingerprint density at radius 3 is 1.96 bits per heavy atom. The molecule has 1 heterocycles. The van der Waals surface area contributed by atoms with E-state index in [1.807, 2.05) is 27.7 Å². The minimum absolute atomic E-state index is 0.0167. The van der Waals surface area contributed by atoms with Gasteiger partial charge >= 0.3 is 18.2 Å². The first-order valence-electron chi connectivity index (χ1n) is 7.66. The number of nitrogens with zero attached hydrogens (tertiary/aromatic N) is 5. The van der Waals surface area contributed by atoms with Crippen LogP contribution < -0.4 is 0 Å². The van der Waals surface area contributed by atoms with Gasteiger partial charge in [0.15, 0.2) is 0 Å². The third-order valence-corrected chi connectivity index (χ3v) is 2.92. The molecular weight excluding hydrogens is 318 g/mol. The number of urea groups is 1. The van der Waals surface area contributed by atoms with E-state index in [1.165, 1.54) is 28.8 Å². The van der Waals surface area contributed by atoms with E-state index in [1.54, 1.807) is 0 Å². The smallest absolute Gasteiger partial charge is 0.434 e. The Balaban J connectivity index is 0.00000254. The van der Waals surface area contributed by atoms with Crippen molar-refractivity contribution in [1.29, 1.82) is 0 Å². The fourth-order valence-corrected chi connectivity index (χ4v) is 2.09. The molecule has 0 spiro atoms. The van der Waals surface area contributed by atoms with E-state index >= 15 is 0 Å². The normalized spacial score (nSPS) is 15.2. The molecule has 10 nitrogen and oxygen atoms in total. The number of rotatable bonds is 2. The molecule has 0 aliphatic carbocycles. The zero-order valence-corrected chi connectivity index (χ0v) is 15.1. The topological polar surface area (TPSA) is 117 Å². The summed E-state index contributed by atoms with van der Waals surface area (Å²) >= 11 is 0. The van der Waals surface area contributed by atoms with Crippen molar-refractivity contribution in [1.82, 2.24) is 19.6 Å². The molecule has 1 aliphatic heterocycles. The molecule has 10 heteroatoms. The Hall–Kier alpha value is -2.52. The van der Waals surface area contributed by atoms with Crippen molar-refractivity contribution < 1.29 is 24.6 Å². The number of hydrogen-bond acceptors (Lipinski definition) is 3. The van der Waals surface area contributed by atoms with E-state index < -0.39 is 12.2 Å². The maximum absolute atomic E-state index is 11.7. The van der Waals surface area contributed by atoms with Gasteiger partial charge in [-0.2, -0.15) is 0 Å². The molecule has 0 atom stereocenters. The van der Waals surface area contributed by atoms with Crippen LogP contribution in [0.2, 0.25) is 0 Å². The summed E-state index contributed by atoms with van der Waals surface area (Å²) in [6, 6.07) is -0.239. The van der Waals surface area contributed by atoms with Crippen molar-refractivity contribution >= 4 is 24.2 Å². The summed E-state index contributed by atoms with van der Waals surface area (Å²) in [5.41, 5.74) is 0. The number of guanidine groups is 1. The van der Waals surface area contributed by atoms with Crippen molar-refractivity contribution in [2.45, 2.75) is 27.7 Å². The SMILES string of the molecule is CC.CC(C)CN(C(=O)O)/C(=N/C(=O)O)N1CN(C)C(=O)N(C)C1. The maximum atomic E-state index is 11.7. The number of amides is 4. The van der Waals surface area contributed by atoms with Crippen LogP contribution in [0, 0.1) is 5.92 Å². The molecule has 0 radical (unpaired) electrons. The second-order valence-corrected chi connectivity index (χ2v) is 5.48. The number of carboxylic acid groups (broad SMARTS) is 2. The molecule has 0 aromatic rings. The van der Waals surface area contributed by atoms with Gasteiger partial charge in [0.1, 0.15) is 0 Å². The third-order valence-electron chi connectivity index (χ3n) is 2.92. The molecule has 1 fully saturated rings. The van der Waals surface area contributed by atoms with Gasteiger partial charge in [0, 0.05) is 20.6 Å². The lowest BCUT2D eigenvalue weighted by Gasteiger charge is -2.41. The van der Waals surface area contributed by atoms with Gasteiger partial charge in [0.25, 0.3) is 0 Å². The van der Waals surface area contributed by atoms with Crippen molar-refractivity contribution in [3.05, 3.63) is 0 Å². The zero-order chi connectivity index (χ0) is 19.0. The molecular formula is C14H27N5O5. The standard InChI is InChI=1S/C12H21N5O5.C2H6/c1-8(2)5-17(12(21)22)9(13-10(18)19)16-6-14(3)11(20)15(4)7-16;1-2/h8H,5-7H2,1-4H3,(H,18,19)(H,21,22);1-2H3/b13-9+;. The molecule has 2 N–H and O–H groups in total. The van der Waals surface area contributed by atoms with Crippen LogP contribution in [0.1, 0.15) is 27.7 Å². The van der Waals surface area contributed by atoms with Gasteiger partial charge in [-0.1, -0.05) is 27.7 Å². The quantitative estimate of drug-likeness (QED) is 0.583. The Labute approximate surface area is 141 Å². The Morgan fingerprint density at radius 1 is 1.17 bits per heavy atom. The van der Waals surface area contributed by atoms with Gasteiger partial charge in [-0.25, -0.2) is 19.3 Å². The van der Waals surface area contributed by atoms with Gasteiger partial charge in [-0.05, 0) is 5.92 Å². The Morgan fingerprint density at radius 2 is 1.62 bits per heavy atom. The lowest BCUT2D eigenvalue weighted by atomic mass is 10.2. The van der Waals surface area contributed by atoms with Gasteiger partial charge in [-0.15, -0.1) is 4.99 Å². The predicted molar refractivity (Wildman–Crippen MR) is 88.9 cm³/mol. The van der Waals surface area contributed by atoms with E-state index in [0.29, 0.717) is 0 Å². The fraction of sp³-hybridized carbons (Fsp3) is 0.714. The van der Waals surface area contributed by atoms with E-state index in [4.69, 9.17) is 5.11 Å². The highest BCUT2D eigenvalue weighted by Crippen LogP contribution is 2.12. The molecule has 1 aliphatic rings. The largest absolute Gasteiger partial charge is 0.465 e. The zero-order valence-electron chi connectivity index (χ0n) is 15.1. The van der Waals surface area contributed by atoms with Crippen LogP contribution in [-0.2, 0) is 0 Å². The summed E-state index contributed by atoms with van der Waals surface area (Å²) in [5.74, 6) is -0.225. The van der Waals surface area contributed by atoms with E-state index in [0.717, 1.165) is 4.90 Å². The monoisotopic (exact) mass is 345 g/mol. The average Bonchev–Trinajstić information content (AvgIpc) is 2.49. The first-order chi connectivity index (χ1) is 11.1. The number of carbonyl (C=O) groups excluding carboxylic acids is 1. The van der Waals surface area contributed by atoms with E-state index in [9.17, 15) is 19.5 Å². The Bertz CT molecular complexity index is 480. The highest BCUT2D eigenvalue weighted by molar-refractivity contribution is 5.98. The number of hydrogen-bond donors (Lipinski definition) is 2. The second kappa shape index (κ2) is 9.58. The number of carbonyl (C=O) groups is 3. The minimum Gasteiger partial charge on any atom is -0.465 e. The minimum atomic E-state index is -1.49.